The van der Waals surface area contributed by atoms with E-state index in [0.717, 1.165) is 12.1 Å². The Morgan fingerprint density at radius 1 is 1.05 bits per heavy atom. The van der Waals surface area contributed by atoms with Crippen LogP contribution in [-0.2, 0) is 13.1 Å². The van der Waals surface area contributed by atoms with Gasteiger partial charge in [0.15, 0.2) is 0 Å². The van der Waals surface area contributed by atoms with Gasteiger partial charge in [-0.3, -0.25) is 0 Å². The van der Waals surface area contributed by atoms with Crippen molar-refractivity contribution in [3.8, 4) is 0 Å². The number of nitrogens with one attached hydrogen (secondary N) is 1. The van der Waals surface area contributed by atoms with E-state index in [1.807, 2.05) is 42.3 Å². The van der Waals surface area contributed by atoms with Crippen molar-refractivity contribution < 1.29 is 4.39 Å². The monoisotopic (exact) mass is 286 g/mol. The molecule has 2 aromatic rings. The van der Waals surface area contributed by atoms with Gasteiger partial charge in [-0.05, 0) is 23.3 Å². The molecule has 0 aliphatic carbocycles. The maximum atomic E-state index is 14.1. The second kappa shape index (κ2) is 7.23. The molecular weight excluding hydrogens is 263 g/mol. The summed E-state index contributed by atoms with van der Waals surface area (Å²) < 4.78 is 14.1. The van der Waals surface area contributed by atoms with E-state index in [1.54, 1.807) is 6.07 Å². The van der Waals surface area contributed by atoms with Crippen LogP contribution in [0.15, 0.2) is 48.5 Å². The largest absolute Gasteiger partial charge is 0.368 e. The van der Waals surface area contributed by atoms with Crippen LogP contribution >= 0.6 is 0 Å². The fourth-order valence-electron chi connectivity index (χ4n) is 2.23. The summed E-state index contributed by atoms with van der Waals surface area (Å²) in [7, 11) is 1.92. The summed E-state index contributed by atoms with van der Waals surface area (Å²) in [5, 5.41) is 3.36. The molecule has 0 amide bonds. The Morgan fingerprint density at radius 3 is 2.43 bits per heavy atom. The molecule has 112 valence electrons. The highest BCUT2D eigenvalue weighted by molar-refractivity contribution is 5.50. The molecule has 0 atom stereocenters. The van der Waals surface area contributed by atoms with Crippen LogP contribution in [0, 0.1) is 5.82 Å². The Labute approximate surface area is 126 Å². The van der Waals surface area contributed by atoms with Gasteiger partial charge in [0.05, 0.1) is 5.69 Å². The van der Waals surface area contributed by atoms with Crippen molar-refractivity contribution in [3.05, 3.63) is 65.5 Å². The molecule has 0 heterocycles. The second-order valence-corrected chi connectivity index (χ2v) is 5.66. The zero-order valence-corrected chi connectivity index (χ0v) is 12.9. The standard InChI is InChI=1S/C18H23FN2/c1-14(2)20-12-16-9-10-17(19)18(11-16)21(3)13-15-7-5-4-6-8-15/h4-11,14,20H,12-13H2,1-3H3. The van der Waals surface area contributed by atoms with Gasteiger partial charge >= 0.3 is 0 Å². The molecule has 2 aromatic carbocycles. The van der Waals surface area contributed by atoms with E-state index < -0.39 is 0 Å². The summed E-state index contributed by atoms with van der Waals surface area (Å²) in [5.74, 6) is -0.179. The molecule has 0 spiro atoms. The van der Waals surface area contributed by atoms with E-state index in [0.29, 0.717) is 18.3 Å². The smallest absolute Gasteiger partial charge is 0.146 e. The molecule has 1 N–H and O–H groups in total. The number of benzene rings is 2. The molecule has 3 heteroatoms. The lowest BCUT2D eigenvalue weighted by Gasteiger charge is -2.21. The number of nitrogens with zero attached hydrogens (tertiary/aromatic N) is 1. The SMILES string of the molecule is CC(C)NCc1ccc(F)c(N(C)Cc2ccccc2)c1. The Morgan fingerprint density at radius 2 is 1.76 bits per heavy atom. The van der Waals surface area contributed by atoms with E-state index in [9.17, 15) is 4.39 Å². The molecule has 0 fully saturated rings. The van der Waals surface area contributed by atoms with Crippen molar-refractivity contribution in [2.75, 3.05) is 11.9 Å². The third-order valence-electron chi connectivity index (χ3n) is 3.40. The Kier molecular flexibility index (Phi) is 5.34. The van der Waals surface area contributed by atoms with Gasteiger partial charge in [0.2, 0.25) is 0 Å². The molecule has 2 rings (SSSR count). The number of anilines is 1. The van der Waals surface area contributed by atoms with Crippen LogP contribution in [0.1, 0.15) is 25.0 Å². The van der Waals surface area contributed by atoms with Crippen molar-refractivity contribution in [1.29, 1.82) is 0 Å². The van der Waals surface area contributed by atoms with Crippen molar-refractivity contribution in [3.63, 3.8) is 0 Å². The minimum absolute atomic E-state index is 0.179. The number of hydrogen-bond acceptors (Lipinski definition) is 2. The lowest BCUT2D eigenvalue weighted by atomic mass is 10.1. The summed E-state index contributed by atoms with van der Waals surface area (Å²) in [5.41, 5.74) is 2.91. The van der Waals surface area contributed by atoms with Crippen molar-refractivity contribution in [2.45, 2.75) is 33.0 Å². The van der Waals surface area contributed by atoms with Gasteiger partial charge < -0.3 is 10.2 Å². The van der Waals surface area contributed by atoms with Crippen LogP contribution in [0.4, 0.5) is 10.1 Å². The maximum Gasteiger partial charge on any atom is 0.146 e. The van der Waals surface area contributed by atoms with Crippen LogP contribution in [0.25, 0.3) is 0 Å². The summed E-state index contributed by atoms with van der Waals surface area (Å²) >= 11 is 0. The van der Waals surface area contributed by atoms with E-state index in [-0.39, 0.29) is 5.82 Å². The predicted octanol–water partition coefficient (Wildman–Crippen LogP) is 3.96. The second-order valence-electron chi connectivity index (χ2n) is 5.66. The molecular formula is C18H23FN2. The zero-order chi connectivity index (χ0) is 15.2. The van der Waals surface area contributed by atoms with Crippen molar-refractivity contribution >= 4 is 5.69 Å². The minimum atomic E-state index is -0.179. The first-order valence-corrected chi connectivity index (χ1v) is 7.33. The van der Waals surface area contributed by atoms with Gasteiger partial charge in [0.25, 0.3) is 0 Å². The molecule has 0 saturated heterocycles. The molecule has 0 bridgehead atoms. The lowest BCUT2D eigenvalue weighted by Crippen LogP contribution is -2.22. The van der Waals surface area contributed by atoms with Gasteiger partial charge in [-0.15, -0.1) is 0 Å². The molecule has 0 aliphatic rings. The fraction of sp³-hybridized carbons (Fsp3) is 0.333. The van der Waals surface area contributed by atoms with E-state index >= 15 is 0 Å². The highest BCUT2D eigenvalue weighted by Gasteiger charge is 2.09. The van der Waals surface area contributed by atoms with E-state index in [1.165, 1.54) is 5.56 Å². The number of halogens is 1. The highest BCUT2D eigenvalue weighted by atomic mass is 19.1. The predicted molar refractivity (Wildman–Crippen MR) is 86.9 cm³/mol. The van der Waals surface area contributed by atoms with E-state index in [2.05, 4.69) is 31.3 Å². The third-order valence-corrected chi connectivity index (χ3v) is 3.40. The average molecular weight is 286 g/mol. The Bertz CT molecular complexity index is 567. The molecule has 0 radical (unpaired) electrons. The molecule has 0 aromatic heterocycles. The number of rotatable bonds is 6. The quantitative estimate of drug-likeness (QED) is 0.864. The van der Waals surface area contributed by atoms with Crippen molar-refractivity contribution in [2.24, 2.45) is 0 Å². The summed E-state index contributed by atoms with van der Waals surface area (Å²) in [6, 6.07) is 15.8. The van der Waals surface area contributed by atoms with Crippen molar-refractivity contribution in [1.82, 2.24) is 5.32 Å². The Balaban J connectivity index is 2.12. The van der Waals surface area contributed by atoms with Crippen LogP contribution in [0.5, 0.6) is 0 Å². The van der Waals surface area contributed by atoms with Gasteiger partial charge in [-0.1, -0.05) is 50.2 Å². The summed E-state index contributed by atoms with van der Waals surface area (Å²) in [6.07, 6.45) is 0. The first-order valence-electron chi connectivity index (χ1n) is 7.33. The third kappa shape index (κ3) is 4.57. The minimum Gasteiger partial charge on any atom is -0.368 e. The average Bonchev–Trinajstić information content (AvgIpc) is 2.47. The zero-order valence-electron chi connectivity index (χ0n) is 12.9. The van der Waals surface area contributed by atoms with Gasteiger partial charge in [0, 0.05) is 26.2 Å². The van der Waals surface area contributed by atoms with E-state index in [4.69, 9.17) is 0 Å². The summed E-state index contributed by atoms with van der Waals surface area (Å²) in [6.45, 7) is 5.65. The number of hydrogen-bond donors (Lipinski definition) is 1. The van der Waals surface area contributed by atoms with Crippen LogP contribution in [0.2, 0.25) is 0 Å². The van der Waals surface area contributed by atoms with Gasteiger partial charge in [-0.2, -0.15) is 0 Å². The molecule has 21 heavy (non-hydrogen) atoms. The van der Waals surface area contributed by atoms with Crippen LogP contribution in [-0.4, -0.2) is 13.1 Å². The molecule has 0 unspecified atom stereocenters. The molecule has 0 aliphatic heterocycles. The van der Waals surface area contributed by atoms with Crippen LogP contribution in [0.3, 0.4) is 0 Å². The van der Waals surface area contributed by atoms with Crippen LogP contribution < -0.4 is 10.2 Å². The lowest BCUT2D eigenvalue weighted by molar-refractivity contribution is 0.585. The Hall–Kier alpha value is -1.87. The molecule has 0 saturated carbocycles. The topological polar surface area (TPSA) is 15.3 Å². The molecule has 2 nitrogen and oxygen atoms in total. The summed E-state index contributed by atoms with van der Waals surface area (Å²) in [4.78, 5) is 1.95. The first-order chi connectivity index (χ1) is 10.1. The van der Waals surface area contributed by atoms with Gasteiger partial charge in [0.1, 0.15) is 5.82 Å². The maximum absolute atomic E-state index is 14.1. The fourth-order valence-corrected chi connectivity index (χ4v) is 2.23. The highest BCUT2D eigenvalue weighted by Crippen LogP contribution is 2.21. The first kappa shape index (κ1) is 15.5. The van der Waals surface area contributed by atoms with Gasteiger partial charge in [-0.25, -0.2) is 4.39 Å². The normalized spacial score (nSPS) is 10.9.